The zero-order chi connectivity index (χ0) is 78.9. The molecule has 17 fully saturated rings. The van der Waals surface area contributed by atoms with Crippen molar-refractivity contribution in [2.75, 3.05) is 39.6 Å². The lowest BCUT2D eigenvalue weighted by atomic mass is 9.47. The van der Waals surface area contributed by atoms with E-state index in [4.69, 9.17) is 56.8 Å². The standard InChI is InChI=1S/C17H22O4.C15H20O4.C14H18O4.C14H20O4.2C13H18O4/c1-2-15(18)21-17(14-3-4-20-16(14)19)12-6-10-5-11(8-12)9-13(17)7-10;1-9(2)13(16)19-15(12-5-6-18-14(12)17)8-10-3-4-11(15)7-10;1-2-12(15)18-14(11-5-6-17-13(11)16)8-9-3-4-10(14)7-9;1-10(2)12(15)18-14(7-4-3-5-8-14)11-6-9-17-13(11)16;1-9(2)11(14)17-13(6-3-4-7-13)10-5-8-16-12(10)15;1-2-11(14)17-13(7-4-3-5-8-13)10-6-9-16-12(10)15/h2,10-14H,1,3-9H2;10-12H,1,3-8H2,2H3;2,9-11H,1,3-8H2;11H,1,3-9H2,2H3;10H,1,3-8H2,2H3;2,10H,1,3-9H2. The van der Waals surface area contributed by atoms with Crippen LogP contribution in [0.5, 0.6) is 0 Å². The smallest absolute Gasteiger partial charge is 0.333 e. The van der Waals surface area contributed by atoms with E-state index in [0.29, 0.717) is 130 Å². The van der Waals surface area contributed by atoms with Gasteiger partial charge in [0.25, 0.3) is 0 Å². The van der Waals surface area contributed by atoms with Crippen LogP contribution in [0.15, 0.2) is 74.4 Å². The molecule has 6 heterocycles. The van der Waals surface area contributed by atoms with E-state index in [1.165, 1.54) is 31.4 Å². The highest BCUT2D eigenvalue weighted by molar-refractivity contribution is 5.90. The van der Waals surface area contributed by atoms with Gasteiger partial charge in [0.05, 0.1) is 57.4 Å². The van der Waals surface area contributed by atoms with E-state index in [1.54, 1.807) is 20.8 Å². The van der Waals surface area contributed by atoms with Gasteiger partial charge in [0, 0.05) is 46.8 Å². The zero-order valence-corrected chi connectivity index (χ0v) is 64.9. The first-order valence-corrected chi connectivity index (χ1v) is 40.8. The minimum atomic E-state index is -0.651. The van der Waals surface area contributed by atoms with Crippen molar-refractivity contribution in [3.8, 4) is 0 Å². The predicted octanol–water partition coefficient (Wildman–Crippen LogP) is 12.9. The van der Waals surface area contributed by atoms with Crippen molar-refractivity contribution < 1.29 is 114 Å². The first-order chi connectivity index (χ1) is 52.6. The number of esters is 12. The maximum atomic E-state index is 12.2. The average Bonchev–Trinajstić information content (AvgIpc) is 1.06. The van der Waals surface area contributed by atoms with Gasteiger partial charge < -0.3 is 56.8 Å². The van der Waals surface area contributed by atoms with Crippen LogP contribution in [-0.4, -0.2) is 145 Å². The summed E-state index contributed by atoms with van der Waals surface area (Å²) in [6, 6.07) is 0. The third-order valence-electron chi connectivity index (χ3n) is 27.5. The Labute approximate surface area is 646 Å². The molecule has 6 saturated heterocycles. The molecule has 17 rings (SSSR count). The molecule has 24 nitrogen and oxygen atoms in total. The van der Waals surface area contributed by atoms with Gasteiger partial charge in [-0.1, -0.05) is 52.3 Å². The molecule has 0 radical (unpaired) electrons. The number of rotatable bonds is 18. The largest absolute Gasteiger partial charge is 0.465 e. The normalized spacial score (nSPS) is 35.5. The summed E-state index contributed by atoms with van der Waals surface area (Å²) in [7, 11) is 0. The molecule has 17 aliphatic rings. The summed E-state index contributed by atoms with van der Waals surface area (Å²) in [5.41, 5.74) is -2.62. The van der Waals surface area contributed by atoms with Crippen LogP contribution in [-0.2, 0) is 114 Å². The van der Waals surface area contributed by atoms with Crippen molar-refractivity contribution in [2.24, 2.45) is 82.9 Å². The van der Waals surface area contributed by atoms with Crippen LogP contribution in [0, 0.1) is 82.9 Å². The number of carbonyl (C=O) groups is 12. The van der Waals surface area contributed by atoms with Crippen LogP contribution in [0.4, 0.5) is 0 Å². The third-order valence-corrected chi connectivity index (χ3v) is 27.5. The molecule has 0 N–H and O–H groups in total. The third kappa shape index (κ3) is 17.5. The Morgan fingerprint density at radius 3 is 0.900 bits per heavy atom. The number of hydrogen-bond acceptors (Lipinski definition) is 24. The Morgan fingerprint density at radius 2 is 0.600 bits per heavy atom. The number of hydrogen-bond donors (Lipinski definition) is 0. The van der Waals surface area contributed by atoms with Crippen molar-refractivity contribution in [3.63, 3.8) is 0 Å². The summed E-state index contributed by atoms with van der Waals surface area (Å²) in [6.07, 6.45) is 34.3. The fourth-order valence-corrected chi connectivity index (χ4v) is 22.7. The Kier molecular flexibility index (Phi) is 26.7. The van der Waals surface area contributed by atoms with Crippen LogP contribution in [0.2, 0.25) is 0 Å². The molecule has 110 heavy (non-hydrogen) atoms. The van der Waals surface area contributed by atoms with Crippen molar-refractivity contribution >= 4 is 71.6 Å². The van der Waals surface area contributed by atoms with Crippen LogP contribution in [0.25, 0.3) is 0 Å². The Hall–Kier alpha value is -7.92. The molecule has 0 aromatic heterocycles. The van der Waals surface area contributed by atoms with Crippen molar-refractivity contribution in [2.45, 2.75) is 266 Å². The van der Waals surface area contributed by atoms with Crippen molar-refractivity contribution in [3.05, 3.63) is 74.4 Å². The van der Waals surface area contributed by atoms with Gasteiger partial charge in [-0.25, -0.2) is 28.8 Å². The molecule has 604 valence electrons. The quantitative estimate of drug-likeness (QED) is 0.0699. The molecule has 8 bridgehead atoms. The van der Waals surface area contributed by atoms with Gasteiger partial charge in [0.15, 0.2) is 0 Å². The second-order valence-electron chi connectivity index (χ2n) is 34.2. The molecule has 0 aromatic rings. The van der Waals surface area contributed by atoms with E-state index in [1.807, 2.05) is 0 Å². The van der Waals surface area contributed by atoms with Crippen LogP contribution >= 0.6 is 0 Å². The van der Waals surface area contributed by atoms with Gasteiger partial charge in [0.1, 0.15) is 51.4 Å². The summed E-state index contributed by atoms with van der Waals surface area (Å²) >= 11 is 0. The number of fused-ring (bicyclic) bond motifs is 4. The van der Waals surface area contributed by atoms with E-state index < -0.39 is 57.5 Å². The Balaban J connectivity index is 0.000000131. The molecule has 0 spiro atoms. The molecule has 12 unspecified atom stereocenters. The maximum Gasteiger partial charge on any atom is 0.333 e. The summed E-state index contributed by atoms with van der Waals surface area (Å²) < 4.78 is 64.6. The highest BCUT2D eigenvalue weighted by Crippen LogP contribution is 2.64. The molecule has 12 atom stereocenters. The van der Waals surface area contributed by atoms with Crippen LogP contribution in [0.1, 0.15) is 233 Å². The Morgan fingerprint density at radius 1 is 0.318 bits per heavy atom. The first-order valence-electron chi connectivity index (χ1n) is 40.8. The lowest BCUT2D eigenvalue weighted by Crippen LogP contribution is -2.64. The molecule has 24 heteroatoms. The highest BCUT2D eigenvalue weighted by atomic mass is 16.6. The molecule has 11 aliphatic carbocycles. The van der Waals surface area contributed by atoms with E-state index in [2.05, 4.69) is 39.5 Å². The topological polar surface area (TPSA) is 316 Å². The highest BCUT2D eigenvalue weighted by Gasteiger charge is 2.67. The van der Waals surface area contributed by atoms with Crippen molar-refractivity contribution in [1.29, 1.82) is 0 Å². The monoisotopic (exact) mass is 1530 g/mol. The maximum absolute atomic E-state index is 12.2. The lowest BCUT2D eigenvalue weighted by Gasteiger charge is -2.61. The van der Waals surface area contributed by atoms with Gasteiger partial charge in [-0.3, -0.25) is 28.8 Å². The SMILES string of the molecule is C=C(C)C(=O)OC1(C2CCOC2=O)CC2CCC1C2.C=C(C)C(=O)OC1(C2CCOC2=O)CCCC1.C=C(C)C(=O)OC1(C2CCOC2=O)CCCCC1.C=CC(=O)OC1(C2CCOC2=O)C2CC3CC(C2)CC1C3.C=CC(=O)OC1(C2CCOC2=O)CC2CCC1C2.C=CC(=O)OC1(C2CCOC2=O)CCCCC1. The number of carbonyl (C=O) groups excluding carboxylic acids is 12. The van der Waals surface area contributed by atoms with Crippen LogP contribution < -0.4 is 0 Å². The summed E-state index contributed by atoms with van der Waals surface area (Å²) in [6.45, 7) is 28.8. The van der Waals surface area contributed by atoms with Gasteiger partial charge in [-0.05, 0) is 255 Å². The summed E-state index contributed by atoms with van der Waals surface area (Å²) in [5, 5.41) is 0. The van der Waals surface area contributed by atoms with Gasteiger partial charge >= 0.3 is 71.6 Å². The van der Waals surface area contributed by atoms with Gasteiger partial charge in [-0.2, -0.15) is 0 Å². The fourth-order valence-electron chi connectivity index (χ4n) is 22.7. The van der Waals surface area contributed by atoms with Gasteiger partial charge in [-0.15, -0.1) is 0 Å². The Bertz CT molecular complexity index is 3530. The molecule has 0 amide bonds. The van der Waals surface area contributed by atoms with Gasteiger partial charge in [0.2, 0.25) is 0 Å². The molecular weight excluding hydrogens is 1420 g/mol. The van der Waals surface area contributed by atoms with Crippen molar-refractivity contribution in [1.82, 2.24) is 0 Å². The van der Waals surface area contributed by atoms with E-state index >= 15 is 0 Å². The zero-order valence-electron chi connectivity index (χ0n) is 64.9. The molecule has 11 saturated carbocycles. The first kappa shape index (κ1) is 83.0. The lowest BCUT2D eigenvalue weighted by molar-refractivity contribution is -0.224. The fraction of sp³-hybridized carbons (Fsp3) is 0.721. The van der Waals surface area contributed by atoms with E-state index in [9.17, 15) is 57.5 Å². The second-order valence-corrected chi connectivity index (χ2v) is 34.2. The summed E-state index contributed by atoms with van der Waals surface area (Å²) in [4.78, 5) is 142. The van der Waals surface area contributed by atoms with Crippen LogP contribution in [0.3, 0.4) is 0 Å². The molecule has 6 aliphatic heterocycles. The molecule has 0 aromatic carbocycles. The minimum absolute atomic E-state index is 0.167. The average molecular weight is 1530 g/mol. The molecular formula is C86H116O24. The van der Waals surface area contributed by atoms with E-state index in [-0.39, 0.29) is 83.3 Å². The number of cyclic esters (lactones) is 6. The minimum Gasteiger partial charge on any atom is -0.465 e. The second kappa shape index (κ2) is 35.4. The summed E-state index contributed by atoms with van der Waals surface area (Å²) in [5.74, 6) is -1.26. The van der Waals surface area contributed by atoms with E-state index in [0.717, 1.165) is 172 Å². The number of ether oxygens (including phenoxy) is 12. The predicted molar refractivity (Wildman–Crippen MR) is 395 cm³/mol.